The van der Waals surface area contributed by atoms with Gasteiger partial charge in [-0.15, -0.1) is 0 Å². The van der Waals surface area contributed by atoms with Crippen molar-refractivity contribution in [1.29, 1.82) is 0 Å². The number of aryl methyl sites for hydroxylation is 1. The van der Waals surface area contributed by atoms with E-state index >= 15 is 0 Å². The molecule has 0 radical (unpaired) electrons. The van der Waals surface area contributed by atoms with Gasteiger partial charge in [0.1, 0.15) is 0 Å². The van der Waals surface area contributed by atoms with Crippen LogP contribution in [-0.2, 0) is 4.74 Å². The van der Waals surface area contributed by atoms with Gasteiger partial charge in [-0.25, -0.2) is 0 Å². The van der Waals surface area contributed by atoms with Crippen LogP contribution in [0.2, 0.25) is 0 Å². The molecule has 1 N–H and O–H groups in total. The largest absolute Gasteiger partial charge is 0.370 e. The van der Waals surface area contributed by atoms with Gasteiger partial charge in [0, 0.05) is 6.54 Å². The average Bonchev–Trinajstić information content (AvgIpc) is 2.49. The fourth-order valence-corrected chi connectivity index (χ4v) is 2.63. The molecule has 2 nitrogen and oxygen atoms in total. The third-order valence-corrected chi connectivity index (χ3v) is 3.75. The summed E-state index contributed by atoms with van der Waals surface area (Å²) in [5.41, 5.74) is 3.89. The van der Waals surface area contributed by atoms with E-state index in [2.05, 4.69) is 60.8 Å². The van der Waals surface area contributed by atoms with Crippen molar-refractivity contribution in [3.8, 4) is 0 Å². The molecule has 1 aliphatic heterocycles. The Kier molecular flexibility index (Phi) is 3.62. The summed E-state index contributed by atoms with van der Waals surface area (Å²) in [6, 6.07) is 19.2. The second-order valence-electron chi connectivity index (χ2n) is 5.05. The highest BCUT2D eigenvalue weighted by molar-refractivity contribution is 5.29. The van der Waals surface area contributed by atoms with Crippen molar-refractivity contribution < 1.29 is 4.74 Å². The third-order valence-electron chi connectivity index (χ3n) is 3.75. The molecule has 2 aromatic rings. The van der Waals surface area contributed by atoms with E-state index in [1.807, 2.05) is 6.07 Å². The molecule has 1 aliphatic rings. The Morgan fingerprint density at radius 2 is 1.74 bits per heavy atom. The van der Waals surface area contributed by atoms with E-state index in [0.29, 0.717) is 6.04 Å². The second kappa shape index (κ2) is 5.55. The predicted molar refractivity (Wildman–Crippen MR) is 77.1 cm³/mol. The number of morpholine rings is 1. The maximum atomic E-state index is 6.05. The molecule has 2 atom stereocenters. The summed E-state index contributed by atoms with van der Waals surface area (Å²) in [4.78, 5) is 0. The highest BCUT2D eigenvalue weighted by atomic mass is 16.5. The van der Waals surface area contributed by atoms with Gasteiger partial charge in [-0.2, -0.15) is 0 Å². The monoisotopic (exact) mass is 253 g/mol. The van der Waals surface area contributed by atoms with Crippen molar-refractivity contribution in [3.63, 3.8) is 0 Å². The fraction of sp³-hybridized carbons (Fsp3) is 0.294. The smallest absolute Gasteiger partial charge is 0.0952 e. The zero-order chi connectivity index (χ0) is 13.1. The Bertz CT molecular complexity index is 530. The molecule has 1 saturated heterocycles. The number of hydrogen-bond donors (Lipinski definition) is 1. The van der Waals surface area contributed by atoms with E-state index in [1.54, 1.807) is 0 Å². The third kappa shape index (κ3) is 2.70. The Morgan fingerprint density at radius 3 is 2.42 bits per heavy atom. The van der Waals surface area contributed by atoms with Crippen LogP contribution in [0.3, 0.4) is 0 Å². The van der Waals surface area contributed by atoms with Crippen LogP contribution in [0.25, 0.3) is 0 Å². The first-order chi connectivity index (χ1) is 9.34. The first kappa shape index (κ1) is 12.4. The first-order valence-electron chi connectivity index (χ1n) is 6.80. The van der Waals surface area contributed by atoms with Gasteiger partial charge in [0.05, 0.1) is 18.8 Å². The van der Waals surface area contributed by atoms with Crippen molar-refractivity contribution in [2.45, 2.75) is 19.1 Å². The van der Waals surface area contributed by atoms with Crippen LogP contribution in [0.15, 0.2) is 54.6 Å². The SMILES string of the molecule is Cc1ccccc1C1CNC(c2ccccc2)CO1. The van der Waals surface area contributed by atoms with Crippen LogP contribution in [0.1, 0.15) is 28.8 Å². The summed E-state index contributed by atoms with van der Waals surface area (Å²) in [6.45, 7) is 3.73. The van der Waals surface area contributed by atoms with Crippen LogP contribution in [-0.4, -0.2) is 13.2 Å². The molecule has 19 heavy (non-hydrogen) atoms. The Hall–Kier alpha value is -1.64. The lowest BCUT2D eigenvalue weighted by Crippen LogP contribution is -2.37. The number of nitrogens with one attached hydrogen (secondary N) is 1. The molecule has 0 bridgehead atoms. The minimum atomic E-state index is 0.168. The van der Waals surface area contributed by atoms with Gasteiger partial charge in [-0.05, 0) is 23.6 Å². The molecular weight excluding hydrogens is 234 g/mol. The van der Waals surface area contributed by atoms with Gasteiger partial charge in [0.25, 0.3) is 0 Å². The van der Waals surface area contributed by atoms with Crippen molar-refractivity contribution in [1.82, 2.24) is 5.32 Å². The molecule has 3 rings (SSSR count). The second-order valence-corrected chi connectivity index (χ2v) is 5.05. The van der Waals surface area contributed by atoms with Crippen LogP contribution in [0.5, 0.6) is 0 Å². The molecule has 0 amide bonds. The minimum absolute atomic E-state index is 0.168. The maximum Gasteiger partial charge on any atom is 0.0952 e. The van der Waals surface area contributed by atoms with Gasteiger partial charge >= 0.3 is 0 Å². The van der Waals surface area contributed by atoms with Gasteiger partial charge in [-0.3, -0.25) is 0 Å². The normalized spacial score (nSPS) is 23.2. The molecule has 1 fully saturated rings. The van der Waals surface area contributed by atoms with Gasteiger partial charge in [0.15, 0.2) is 0 Å². The Morgan fingerprint density at radius 1 is 1.00 bits per heavy atom. The highest BCUT2D eigenvalue weighted by Gasteiger charge is 2.23. The molecule has 2 unspecified atom stereocenters. The van der Waals surface area contributed by atoms with Crippen LogP contribution < -0.4 is 5.32 Å². The van der Waals surface area contributed by atoms with Crippen molar-refractivity contribution in [2.24, 2.45) is 0 Å². The molecule has 2 aromatic carbocycles. The Balaban J connectivity index is 1.69. The zero-order valence-electron chi connectivity index (χ0n) is 11.2. The first-order valence-corrected chi connectivity index (χ1v) is 6.80. The van der Waals surface area contributed by atoms with Crippen LogP contribution in [0.4, 0.5) is 0 Å². The van der Waals surface area contributed by atoms with E-state index in [-0.39, 0.29) is 6.10 Å². The molecular formula is C17H19NO. The topological polar surface area (TPSA) is 21.3 Å². The summed E-state index contributed by atoms with van der Waals surface area (Å²) >= 11 is 0. The summed E-state index contributed by atoms with van der Waals surface area (Å²) in [6.07, 6.45) is 0.168. The molecule has 2 heteroatoms. The van der Waals surface area contributed by atoms with E-state index in [9.17, 15) is 0 Å². The van der Waals surface area contributed by atoms with E-state index in [1.165, 1.54) is 16.7 Å². The summed E-state index contributed by atoms with van der Waals surface area (Å²) in [7, 11) is 0. The molecule has 0 spiro atoms. The molecule has 0 saturated carbocycles. The van der Waals surface area contributed by atoms with Gasteiger partial charge in [-0.1, -0.05) is 54.6 Å². The average molecular weight is 253 g/mol. The van der Waals surface area contributed by atoms with E-state index in [0.717, 1.165) is 13.2 Å². The summed E-state index contributed by atoms with van der Waals surface area (Å²) in [5.74, 6) is 0. The van der Waals surface area contributed by atoms with Crippen molar-refractivity contribution in [3.05, 3.63) is 71.3 Å². The molecule has 1 heterocycles. The highest BCUT2D eigenvalue weighted by Crippen LogP contribution is 2.27. The van der Waals surface area contributed by atoms with Crippen molar-refractivity contribution >= 4 is 0 Å². The van der Waals surface area contributed by atoms with Gasteiger partial charge in [0.2, 0.25) is 0 Å². The molecule has 0 aliphatic carbocycles. The lowest BCUT2D eigenvalue weighted by Gasteiger charge is -2.31. The predicted octanol–water partition coefficient (Wildman–Crippen LogP) is 3.40. The van der Waals surface area contributed by atoms with Crippen LogP contribution >= 0.6 is 0 Å². The Labute approximate surface area is 114 Å². The number of hydrogen-bond acceptors (Lipinski definition) is 2. The quantitative estimate of drug-likeness (QED) is 0.885. The van der Waals surface area contributed by atoms with E-state index in [4.69, 9.17) is 4.74 Å². The van der Waals surface area contributed by atoms with Crippen molar-refractivity contribution in [2.75, 3.05) is 13.2 Å². The van der Waals surface area contributed by atoms with E-state index < -0.39 is 0 Å². The van der Waals surface area contributed by atoms with Crippen LogP contribution in [0, 0.1) is 6.92 Å². The standard InChI is InChI=1S/C17H19NO/c1-13-7-5-6-10-15(13)17-11-18-16(12-19-17)14-8-3-2-4-9-14/h2-10,16-18H,11-12H2,1H3. The molecule has 98 valence electrons. The maximum absolute atomic E-state index is 6.05. The minimum Gasteiger partial charge on any atom is -0.370 e. The lowest BCUT2D eigenvalue weighted by atomic mass is 10.0. The summed E-state index contributed by atoms with van der Waals surface area (Å²) in [5, 5.41) is 3.59. The summed E-state index contributed by atoms with van der Waals surface area (Å²) < 4.78 is 6.05. The van der Waals surface area contributed by atoms with Gasteiger partial charge < -0.3 is 10.1 Å². The number of rotatable bonds is 2. The number of ether oxygens (including phenoxy) is 1. The lowest BCUT2D eigenvalue weighted by molar-refractivity contribution is 0.00205. The fourth-order valence-electron chi connectivity index (χ4n) is 2.63. The number of benzene rings is 2. The zero-order valence-corrected chi connectivity index (χ0v) is 11.2. The molecule has 0 aromatic heterocycles.